The van der Waals surface area contributed by atoms with Crippen LogP contribution < -0.4 is 5.32 Å². The second-order valence-electron chi connectivity index (χ2n) is 3.43. The Morgan fingerprint density at radius 1 is 1.54 bits per heavy atom. The molecule has 0 rings (SSSR count). The summed E-state index contributed by atoms with van der Waals surface area (Å²) in [5, 5.41) is 3.31. The van der Waals surface area contributed by atoms with Crippen LogP contribution in [0.2, 0.25) is 0 Å². The van der Waals surface area contributed by atoms with Crippen LogP contribution in [0, 0.1) is 0 Å². The first-order valence-corrected chi connectivity index (χ1v) is 5.07. The second kappa shape index (κ2) is 8.27. The van der Waals surface area contributed by atoms with Crippen molar-refractivity contribution >= 4 is 0 Å². The zero-order valence-corrected chi connectivity index (χ0v) is 9.23. The van der Waals surface area contributed by atoms with Crippen molar-refractivity contribution < 1.29 is 4.74 Å². The maximum Gasteiger partial charge on any atom is 0.0462 e. The monoisotopic (exact) mass is 185 g/mol. The molecule has 2 nitrogen and oxygen atoms in total. The third-order valence-electron chi connectivity index (χ3n) is 2.34. The molecule has 13 heavy (non-hydrogen) atoms. The van der Waals surface area contributed by atoms with Gasteiger partial charge in [-0.3, -0.25) is 0 Å². The van der Waals surface area contributed by atoms with E-state index < -0.39 is 0 Å². The molecular weight excluding hydrogens is 162 g/mol. The van der Waals surface area contributed by atoms with Gasteiger partial charge in [-0.25, -0.2) is 0 Å². The molecule has 0 aromatic rings. The van der Waals surface area contributed by atoms with E-state index in [9.17, 15) is 0 Å². The number of nitrogens with one attached hydrogen (secondary N) is 1. The Morgan fingerprint density at radius 2 is 2.23 bits per heavy atom. The van der Waals surface area contributed by atoms with E-state index in [0.29, 0.717) is 6.04 Å². The van der Waals surface area contributed by atoms with Crippen LogP contribution >= 0.6 is 0 Å². The van der Waals surface area contributed by atoms with Crippen LogP contribution in [0.4, 0.5) is 0 Å². The first kappa shape index (κ1) is 12.7. The van der Waals surface area contributed by atoms with E-state index in [0.717, 1.165) is 25.9 Å². The van der Waals surface area contributed by atoms with Gasteiger partial charge in [0, 0.05) is 19.8 Å². The SMILES string of the molecule is C=C(CC)CC(CCCOC)NC. The van der Waals surface area contributed by atoms with E-state index in [1.54, 1.807) is 7.11 Å². The molecule has 0 fully saturated rings. The number of rotatable bonds is 8. The van der Waals surface area contributed by atoms with Crippen molar-refractivity contribution in [1.29, 1.82) is 0 Å². The Morgan fingerprint density at radius 3 is 2.69 bits per heavy atom. The Balaban J connectivity index is 3.56. The highest BCUT2D eigenvalue weighted by Gasteiger charge is 2.06. The fraction of sp³-hybridized carbons (Fsp3) is 0.818. The Labute approximate surface area is 82.4 Å². The molecule has 1 atom stereocenters. The van der Waals surface area contributed by atoms with Crippen LogP contribution in [-0.2, 0) is 4.74 Å². The summed E-state index contributed by atoms with van der Waals surface area (Å²) in [4.78, 5) is 0. The predicted octanol–water partition coefficient (Wildman–Crippen LogP) is 2.36. The Kier molecular flexibility index (Phi) is 8.05. The highest BCUT2D eigenvalue weighted by molar-refractivity contribution is 4.96. The van der Waals surface area contributed by atoms with Crippen molar-refractivity contribution in [1.82, 2.24) is 5.32 Å². The van der Waals surface area contributed by atoms with Crippen molar-refractivity contribution in [3.05, 3.63) is 12.2 Å². The predicted molar refractivity (Wildman–Crippen MR) is 58.0 cm³/mol. The van der Waals surface area contributed by atoms with Crippen molar-refractivity contribution in [2.45, 2.75) is 38.6 Å². The third-order valence-corrected chi connectivity index (χ3v) is 2.34. The number of ether oxygens (including phenoxy) is 1. The molecule has 2 heteroatoms. The summed E-state index contributed by atoms with van der Waals surface area (Å²) in [5.74, 6) is 0. The summed E-state index contributed by atoms with van der Waals surface area (Å²) in [7, 11) is 3.76. The molecule has 1 N–H and O–H groups in total. The maximum atomic E-state index is 5.02. The lowest BCUT2D eigenvalue weighted by molar-refractivity contribution is 0.189. The highest BCUT2D eigenvalue weighted by atomic mass is 16.5. The van der Waals surface area contributed by atoms with E-state index >= 15 is 0 Å². The van der Waals surface area contributed by atoms with Gasteiger partial charge in [0.1, 0.15) is 0 Å². The molecule has 0 aromatic heterocycles. The summed E-state index contributed by atoms with van der Waals surface area (Å²) in [6.45, 7) is 7.03. The molecule has 0 radical (unpaired) electrons. The fourth-order valence-corrected chi connectivity index (χ4v) is 1.32. The first-order chi connectivity index (χ1) is 6.24. The van der Waals surface area contributed by atoms with Gasteiger partial charge in [0.15, 0.2) is 0 Å². The third kappa shape index (κ3) is 6.79. The van der Waals surface area contributed by atoms with Crippen molar-refractivity contribution in [3.8, 4) is 0 Å². The highest BCUT2D eigenvalue weighted by Crippen LogP contribution is 2.10. The minimum atomic E-state index is 0.572. The van der Waals surface area contributed by atoms with Gasteiger partial charge in [0.25, 0.3) is 0 Å². The molecule has 78 valence electrons. The quantitative estimate of drug-likeness (QED) is 0.463. The van der Waals surface area contributed by atoms with E-state index in [1.807, 2.05) is 7.05 Å². The number of hydrogen-bond donors (Lipinski definition) is 1. The molecule has 0 aliphatic heterocycles. The zero-order valence-electron chi connectivity index (χ0n) is 9.23. The molecule has 0 aliphatic rings. The van der Waals surface area contributed by atoms with E-state index in [1.165, 1.54) is 12.0 Å². The van der Waals surface area contributed by atoms with Gasteiger partial charge in [-0.2, -0.15) is 0 Å². The summed E-state index contributed by atoms with van der Waals surface area (Å²) < 4.78 is 5.02. The van der Waals surface area contributed by atoms with Crippen LogP contribution in [0.5, 0.6) is 0 Å². The maximum absolute atomic E-state index is 5.02. The van der Waals surface area contributed by atoms with Crippen LogP contribution in [-0.4, -0.2) is 26.8 Å². The molecular formula is C11H23NO. The van der Waals surface area contributed by atoms with Gasteiger partial charge >= 0.3 is 0 Å². The van der Waals surface area contributed by atoms with Gasteiger partial charge in [-0.05, 0) is 32.7 Å². The van der Waals surface area contributed by atoms with Gasteiger partial charge in [0.05, 0.1) is 0 Å². The van der Waals surface area contributed by atoms with Crippen molar-refractivity contribution in [3.63, 3.8) is 0 Å². The number of hydrogen-bond acceptors (Lipinski definition) is 2. The smallest absolute Gasteiger partial charge is 0.0462 e. The average molecular weight is 185 g/mol. The van der Waals surface area contributed by atoms with Crippen molar-refractivity contribution in [2.75, 3.05) is 20.8 Å². The summed E-state index contributed by atoms with van der Waals surface area (Å²) in [5.41, 5.74) is 1.33. The largest absolute Gasteiger partial charge is 0.385 e. The molecule has 0 bridgehead atoms. The summed E-state index contributed by atoms with van der Waals surface area (Å²) >= 11 is 0. The van der Waals surface area contributed by atoms with Gasteiger partial charge < -0.3 is 10.1 Å². The first-order valence-electron chi connectivity index (χ1n) is 5.07. The lowest BCUT2D eigenvalue weighted by Crippen LogP contribution is -2.25. The van der Waals surface area contributed by atoms with Gasteiger partial charge in [-0.1, -0.05) is 19.1 Å². The standard InChI is InChI=1S/C11H23NO/c1-5-10(2)9-11(12-3)7-6-8-13-4/h11-12H,2,5-9H2,1,3-4H3. The number of methoxy groups -OCH3 is 1. The molecule has 0 aromatic carbocycles. The molecule has 0 spiro atoms. The van der Waals surface area contributed by atoms with E-state index in [2.05, 4.69) is 18.8 Å². The Bertz CT molecular complexity index is 134. The normalized spacial score (nSPS) is 12.8. The minimum absolute atomic E-state index is 0.572. The molecule has 0 saturated heterocycles. The van der Waals surface area contributed by atoms with E-state index in [4.69, 9.17) is 4.74 Å². The van der Waals surface area contributed by atoms with Crippen LogP contribution in [0.3, 0.4) is 0 Å². The van der Waals surface area contributed by atoms with E-state index in [-0.39, 0.29) is 0 Å². The molecule has 0 saturated carbocycles. The van der Waals surface area contributed by atoms with Crippen molar-refractivity contribution in [2.24, 2.45) is 0 Å². The van der Waals surface area contributed by atoms with Crippen LogP contribution in [0.25, 0.3) is 0 Å². The fourth-order valence-electron chi connectivity index (χ4n) is 1.32. The summed E-state index contributed by atoms with van der Waals surface area (Å²) in [6.07, 6.45) is 4.47. The summed E-state index contributed by atoms with van der Waals surface area (Å²) in [6, 6.07) is 0.572. The van der Waals surface area contributed by atoms with Crippen LogP contribution in [0.15, 0.2) is 12.2 Å². The Hall–Kier alpha value is -0.340. The van der Waals surface area contributed by atoms with Crippen LogP contribution in [0.1, 0.15) is 32.6 Å². The topological polar surface area (TPSA) is 21.3 Å². The lowest BCUT2D eigenvalue weighted by atomic mass is 10.0. The lowest BCUT2D eigenvalue weighted by Gasteiger charge is -2.16. The molecule has 0 aliphatic carbocycles. The molecule has 0 heterocycles. The van der Waals surface area contributed by atoms with Gasteiger partial charge in [0.2, 0.25) is 0 Å². The molecule has 1 unspecified atom stereocenters. The average Bonchev–Trinajstić information content (AvgIpc) is 2.16. The minimum Gasteiger partial charge on any atom is -0.385 e. The zero-order chi connectivity index (χ0) is 10.1. The molecule has 0 amide bonds. The van der Waals surface area contributed by atoms with Gasteiger partial charge in [-0.15, -0.1) is 0 Å². The second-order valence-corrected chi connectivity index (χ2v) is 3.43.